The number of hydrogen-bond donors (Lipinski definition) is 2. The fourth-order valence-corrected chi connectivity index (χ4v) is 12.4. The van der Waals surface area contributed by atoms with Crippen LogP contribution in [0.15, 0.2) is 66.7 Å². The minimum absolute atomic E-state index is 0.00940. The Balaban J connectivity index is 1.03. The van der Waals surface area contributed by atoms with Gasteiger partial charge < -0.3 is 24.1 Å². The van der Waals surface area contributed by atoms with Gasteiger partial charge in [0.1, 0.15) is 6.10 Å². The standard InChI is InChI=1S/C44H40N2O5/c1-41-15-5-16-43(39(48)50-43)36(41)12-8-24-19-35-29(22-31(24)41)26-6-3-4-7-34(26)46(35)25-10-11-32-27(20-25)28-21-30-23(18-33(28)45-32)9-13-37-42(30,2)17-14-38(47)44(37)40(49)51-44/h3-4,6-7,10-11,18-22,36-38,45,47H,5,8-9,12-17H2,1-2H3. The van der Waals surface area contributed by atoms with E-state index in [0.29, 0.717) is 6.42 Å². The molecule has 6 aliphatic rings. The summed E-state index contributed by atoms with van der Waals surface area (Å²) in [5.41, 5.74) is 9.29. The number of benzene rings is 4. The van der Waals surface area contributed by atoms with E-state index in [1.807, 2.05) is 0 Å². The number of aromatic nitrogens is 2. The SMILES string of the molecule is CC12CCCC3(OC3=O)C1CCc1cc3c(cc12)c1ccccc1n3-c1ccc2[nH]c3cc4c(cc3c2c1)C1(C)CCC(O)C2(OC2=O)C1CC4. The highest BCUT2D eigenvalue weighted by atomic mass is 16.7. The van der Waals surface area contributed by atoms with Gasteiger partial charge in [-0.2, -0.15) is 0 Å². The number of rotatable bonds is 1. The third kappa shape index (κ3) is 3.36. The average molecular weight is 677 g/mol. The van der Waals surface area contributed by atoms with Gasteiger partial charge in [0.2, 0.25) is 11.2 Å². The van der Waals surface area contributed by atoms with Gasteiger partial charge in [-0.05, 0) is 129 Å². The quantitative estimate of drug-likeness (QED) is 0.172. The summed E-state index contributed by atoms with van der Waals surface area (Å²) in [6.07, 6.45) is 7.27. The van der Waals surface area contributed by atoms with Crippen LogP contribution in [0, 0.1) is 11.8 Å². The van der Waals surface area contributed by atoms with Gasteiger partial charge in [0.15, 0.2) is 0 Å². The van der Waals surface area contributed by atoms with Crippen molar-refractivity contribution < 1.29 is 24.2 Å². The number of aliphatic hydroxyl groups excluding tert-OH is 1. The first-order valence-electron chi connectivity index (χ1n) is 19.0. The number of ether oxygens (including phenoxy) is 2. The molecule has 7 atom stereocenters. The van der Waals surface area contributed by atoms with Crippen molar-refractivity contribution in [1.82, 2.24) is 9.55 Å². The fraction of sp³-hybridized carbons (Fsp3) is 0.409. The third-order valence-electron chi connectivity index (χ3n) is 15.0. The Kier molecular flexibility index (Phi) is 5.15. The summed E-state index contributed by atoms with van der Waals surface area (Å²) in [5.74, 6) is -0.0125. The number of carbonyl (C=O) groups excluding carboxylic acids is 2. The normalized spacial score (nSPS) is 34.8. The van der Waals surface area contributed by atoms with Crippen LogP contribution >= 0.6 is 0 Å². The number of carbonyl (C=O) groups is 2. The summed E-state index contributed by atoms with van der Waals surface area (Å²) in [7, 11) is 0. The number of epoxide rings is 2. The molecule has 2 N–H and O–H groups in total. The predicted molar refractivity (Wildman–Crippen MR) is 195 cm³/mol. The molecule has 2 aromatic heterocycles. The first-order valence-corrected chi connectivity index (χ1v) is 19.0. The van der Waals surface area contributed by atoms with Crippen LogP contribution in [0.4, 0.5) is 0 Å². The van der Waals surface area contributed by atoms with Crippen LogP contribution in [-0.2, 0) is 42.7 Å². The van der Waals surface area contributed by atoms with Gasteiger partial charge >= 0.3 is 11.9 Å². The maximum Gasteiger partial charge on any atom is 0.354 e. The zero-order valence-corrected chi connectivity index (χ0v) is 29.0. The van der Waals surface area contributed by atoms with E-state index in [0.717, 1.165) is 68.1 Å². The molecule has 2 spiro atoms. The van der Waals surface area contributed by atoms with E-state index in [1.165, 1.54) is 54.8 Å². The van der Waals surface area contributed by atoms with Gasteiger partial charge in [-0.3, -0.25) is 0 Å². The zero-order valence-electron chi connectivity index (χ0n) is 29.0. The summed E-state index contributed by atoms with van der Waals surface area (Å²) in [6, 6.07) is 25.1. The lowest BCUT2D eigenvalue weighted by Gasteiger charge is -2.49. The lowest BCUT2D eigenvalue weighted by Crippen LogP contribution is -2.55. The van der Waals surface area contributed by atoms with Crippen LogP contribution in [0.3, 0.4) is 0 Å². The molecule has 0 bridgehead atoms. The highest BCUT2D eigenvalue weighted by Crippen LogP contribution is 2.62. The minimum Gasteiger partial charge on any atom is -0.444 e. The summed E-state index contributed by atoms with van der Waals surface area (Å²) in [6.45, 7) is 4.67. The Morgan fingerprint density at radius 3 is 2.20 bits per heavy atom. The fourth-order valence-electron chi connectivity index (χ4n) is 12.4. The van der Waals surface area contributed by atoms with Crippen molar-refractivity contribution in [3.8, 4) is 5.69 Å². The first-order chi connectivity index (χ1) is 24.7. The number of hydrogen-bond acceptors (Lipinski definition) is 5. The molecule has 0 amide bonds. The molecule has 12 rings (SSSR count). The molecule has 2 saturated carbocycles. The van der Waals surface area contributed by atoms with Crippen LogP contribution in [0.5, 0.6) is 0 Å². The van der Waals surface area contributed by atoms with Gasteiger partial charge in [0, 0.05) is 60.9 Å². The minimum atomic E-state index is -1.03. The van der Waals surface area contributed by atoms with Gasteiger partial charge in [-0.25, -0.2) is 9.59 Å². The number of para-hydroxylation sites is 1. The Morgan fingerprint density at radius 1 is 0.706 bits per heavy atom. The highest BCUT2D eigenvalue weighted by molar-refractivity contribution is 6.12. The molecule has 6 aromatic rings. The Bertz CT molecular complexity index is 2610. The second-order valence-corrected chi connectivity index (χ2v) is 17.2. The topological polar surface area (TPSA) is 100 Å². The van der Waals surface area contributed by atoms with E-state index >= 15 is 0 Å². The monoisotopic (exact) mass is 676 g/mol. The zero-order chi connectivity index (χ0) is 34.2. The summed E-state index contributed by atoms with van der Waals surface area (Å²) in [5, 5.41) is 15.8. The molecule has 4 aromatic carbocycles. The predicted octanol–water partition coefficient (Wildman–Crippen LogP) is 7.99. The molecule has 51 heavy (non-hydrogen) atoms. The van der Waals surface area contributed by atoms with E-state index < -0.39 is 17.3 Å². The van der Waals surface area contributed by atoms with Crippen molar-refractivity contribution in [3.63, 3.8) is 0 Å². The number of fused-ring (bicyclic) bond motifs is 14. The molecule has 2 aliphatic heterocycles. The second-order valence-electron chi connectivity index (χ2n) is 17.2. The molecule has 4 heterocycles. The molecule has 0 radical (unpaired) electrons. The van der Waals surface area contributed by atoms with E-state index in [-0.39, 0.29) is 34.6 Å². The molecule has 4 aliphatic carbocycles. The maximum atomic E-state index is 12.7. The van der Waals surface area contributed by atoms with E-state index in [9.17, 15) is 14.7 Å². The van der Waals surface area contributed by atoms with E-state index in [1.54, 1.807) is 0 Å². The smallest absolute Gasteiger partial charge is 0.354 e. The van der Waals surface area contributed by atoms with E-state index in [2.05, 4.69) is 90.1 Å². The van der Waals surface area contributed by atoms with Crippen molar-refractivity contribution in [2.24, 2.45) is 11.8 Å². The van der Waals surface area contributed by atoms with Crippen LogP contribution in [0.25, 0.3) is 49.3 Å². The Hall–Kier alpha value is -4.62. The van der Waals surface area contributed by atoms with Crippen LogP contribution < -0.4 is 0 Å². The van der Waals surface area contributed by atoms with Gasteiger partial charge in [-0.15, -0.1) is 0 Å². The molecule has 2 saturated heterocycles. The second kappa shape index (κ2) is 9.05. The number of nitrogens with zero attached hydrogens (tertiary/aromatic N) is 1. The summed E-state index contributed by atoms with van der Waals surface area (Å²) >= 11 is 0. The Morgan fingerprint density at radius 2 is 1.41 bits per heavy atom. The number of aryl methyl sites for hydroxylation is 2. The van der Waals surface area contributed by atoms with Crippen molar-refractivity contribution in [2.45, 2.75) is 99.8 Å². The van der Waals surface area contributed by atoms with Crippen molar-refractivity contribution in [1.29, 1.82) is 0 Å². The summed E-state index contributed by atoms with van der Waals surface area (Å²) < 4.78 is 13.9. The average Bonchev–Trinajstić information content (AvgIpc) is 3.87. The van der Waals surface area contributed by atoms with Crippen LogP contribution in [0.1, 0.15) is 81.0 Å². The van der Waals surface area contributed by atoms with E-state index in [4.69, 9.17) is 9.47 Å². The highest BCUT2D eigenvalue weighted by Gasteiger charge is 2.74. The molecule has 7 heteroatoms. The van der Waals surface area contributed by atoms with Crippen LogP contribution in [-0.4, -0.2) is 43.9 Å². The lowest BCUT2D eigenvalue weighted by molar-refractivity contribution is -0.119. The first kappa shape index (κ1) is 29.0. The van der Waals surface area contributed by atoms with Crippen molar-refractivity contribution >= 4 is 55.6 Å². The summed E-state index contributed by atoms with van der Waals surface area (Å²) in [4.78, 5) is 29.0. The third-order valence-corrected chi connectivity index (χ3v) is 15.0. The molecule has 7 unspecified atom stereocenters. The Labute approximate surface area is 294 Å². The largest absolute Gasteiger partial charge is 0.444 e. The number of nitrogens with one attached hydrogen (secondary N) is 1. The van der Waals surface area contributed by atoms with Crippen LogP contribution in [0.2, 0.25) is 0 Å². The van der Waals surface area contributed by atoms with Gasteiger partial charge in [0.05, 0.1) is 11.0 Å². The van der Waals surface area contributed by atoms with Crippen molar-refractivity contribution in [3.05, 3.63) is 89.0 Å². The number of aliphatic hydroxyl groups is 1. The lowest BCUT2D eigenvalue weighted by atomic mass is 9.54. The maximum absolute atomic E-state index is 12.7. The molecule has 7 nitrogen and oxygen atoms in total. The molecular weight excluding hydrogens is 636 g/mol. The van der Waals surface area contributed by atoms with Gasteiger partial charge in [-0.1, -0.05) is 32.0 Å². The number of aromatic amines is 1. The molecular formula is C44H40N2O5. The molecule has 4 fully saturated rings. The van der Waals surface area contributed by atoms with Gasteiger partial charge in [0.25, 0.3) is 0 Å². The molecule has 256 valence electrons. The van der Waals surface area contributed by atoms with Crippen molar-refractivity contribution in [2.75, 3.05) is 0 Å². The number of H-pyrrole nitrogens is 1.